The van der Waals surface area contributed by atoms with Crippen molar-refractivity contribution in [3.8, 4) is 5.75 Å². The molecule has 5 nitrogen and oxygen atoms in total. The summed E-state index contributed by atoms with van der Waals surface area (Å²) < 4.78 is 8.63. The van der Waals surface area contributed by atoms with Gasteiger partial charge >= 0.3 is 0 Å². The maximum Gasteiger partial charge on any atom is 0.282 e. The molecular weight excluding hydrogens is 628 g/mol. The van der Waals surface area contributed by atoms with Crippen LogP contribution in [0.25, 0.3) is 10.9 Å². The Labute approximate surface area is 227 Å². The van der Waals surface area contributed by atoms with Crippen LogP contribution in [-0.4, -0.2) is 15.9 Å². The minimum absolute atomic E-state index is 0.218. The van der Waals surface area contributed by atoms with Gasteiger partial charge in [-0.05, 0) is 64.0 Å². The SMILES string of the molecule is CCc1nc2ccc(Br)cc2c(=O)n1N=Cc1cc(Cl)c(OCc2ccc(Cl)cc2Cl)c(Br)c1. The monoisotopic (exact) mass is 641 g/mol. The topological polar surface area (TPSA) is 56.5 Å². The van der Waals surface area contributed by atoms with Crippen LogP contribution in [0.3, 0.4) is 0 Å². The van der Waals surface area contributed by atoms with Crippen LogP contribution in [0.5, 0.6) is 5.75 Å². The average molecular weight is 645 g/mol. The van der Waals surface area contributed by atoms with Gasteiger partial charge < -0.3 is 4.74 Å². The van der Waals surface area contributed by atoms with Crippen LogP contribution in [0.2, 0.25) is 15.1 Å². The fourth-order valence-corrected chi connectivity index (χ4v) is 5.06. The summed E-state index contributed by atoms with van der Waals surface area (Å²) in [5.41, 5.74) is 1.84. The van der Waals surface area contributed by atoms with Gasteiger partial charge in [0.2, 0.25) is 0 Å². The van der Waals surface area contributed by atoms with Crippen LogP contribution in [-0.2, 0) is 13.0 Å². The van der Waals surface area contributed by atoms with Crippen molar-refractivity contribution in [1.29, 1.82) is 0 Å². The second-order valence-corrected chi connectivity index (χ2v) is 10.3. The van der Waals surface area contributed by atoms with Crippen molar-refractivity contribution in [3.63, 3.8) is 0 Å². The Morgan fingerprint density at radius 3 is 2.56 bits per heavy atom. The molecule has 0 saturated heterocycles. The Bertz CT molecular complexity index is 1470. The third kappa shape index (κ3) is 5.50. The molecule has 0 radical (unpaired) electrons. The average Bonchev–Trinajstić information content (AvgIpc) is 2.79. The number of aryl methyl sites for hydroxylation is 1. The van der Waals surface area contributed by atoms with E-state index in [1.165, 1.54) is 4.68 Å². The van der Waals surface area contributed by atoms with E-state index < -0.39 is 0 Å². The lowest BCUT2D eigenvalue weighted by Crippen LogP contribution is -2.22. The van der Waals surface area contributed by atoms with Gasteiger partial charge in [-0.2, -0.15) is 9.78 Å². The maximum absolute atomic E-state index is 13.1. The van der Waals surface area contributed by atoms with Crippen LogP contribution < -0.4 is 10.3 Å². The van der Waals surface area contributed by atoms with Crippen molar-refractivity contribution < 1.29 is 4.74 Å². The summed E-state index contributed by atoms with van der Waals surface area (Å²) in [4.78, 5) is 17.6. The number of rotatable bonds is 6. The van der Waals surface area contributed by atoms with Crippen LogP contribution >= 0.6 is 66.7 Å². The van der Waals surface area contributed by atoms with Crippen molar-refractivity contribution in [2.45, 2.75) is 20.0 Å². The van der Waals surface area contributed by atoms with Crippen molar-refractivity contribution in [2.24, 2.45) is 5.10 Å². The summed E-state index contributed by atoms with van der Waals surface area (Å²) >= 11 is 25.5. The summed E-state index contributed by atoms with van der Waals surface area (Å²) in [6, 6.07) is 14.1. The zero-order valence-electron chi connectivity index (χ0n) is 17.7. The van der Waals surface area contributed by atoms with Gasteiger partial charge in [0, 0.05) is 26.5 Å². The Morgan fingerprint density at radius 2 is 1.85 bits per heavy atom. The van der Waals surface area contributed by atoms with E-state index in [2.05, 4.69) is 41.9 Å². The minimum Gasteiger partial charge on any atom is -0.486 e. The second-order valence-electron chi connectivity index (χ2n) is 7.24. The number of benzene rings is 3. The van der Waals surface area contributed by atoms with Crippen molar-refractivity contribution >= 4 is 83.8 Å². The molecular formula is C24H16Br2Cl3N3O2. The van der Waals surface area contributed by atoms with Gasteiger partial charge in [-0.15, -0.1) is 0 Å². The van der Waals surface area contributed by atoms with Crippen molar-refractivity contribution in [1.82, 2.24) is 9.66 Å². The number of ether oxygens (including phenoxy) is 1. The van der Waals surface area contributed by atoms with Gasteiger partial charge in [0.15, 0.2) is 5.75 Å². The van der Waals surface area contributed by atoms with Gasteiger partial charge in [-0.3, -0.25) is 4.79 Å². The Kier molecular flexibility index (Phi) is 8.00. The zero-order chi connectivity index (χ0) is 24.4. The number of halogens is 5. The van der Waals surface area contributed by atoms with Gasteiger partial charge in [0.1, 0.15) is 12.4 Å². The van der Waals surface area contributed by atoms with Crippen molar-refractivity contribution in [2.75, 3.05) is 0 Å². The molecule has 4 rings (SSSR count). The highest BCUT2D eigenvalue weighted by Crippen LogP contribution is 2.35. The first-order valence-corrected chi connectivity index (χ1v) is 12.8. The molecule has 0 saturated carbocycles. The van der Waals surface area contributed by atoms with Gasteiger partial charge in [-0.1, -0.05) is 63.7 Å². The summed E-state index contributed by atoms with van der Waals surface area (Å²) in [5, 5.41) is 6.32. The molecule has 0 aliphatic heterocycles. The standard InChI is InChI=1S/C24H16Br2Cl3N3O2/c1-2-22-31-21-6-4-15(25)9-17(21)24(33)32(22)30-11-13-7-18(26)23(20(29)8-13)34-12-14-3-5-16(27)10-19(14)28/h3-11H,2,12H2,1H3. The smallest absolute Gasteiger partial charge is 0.282 e. The summed E-state index contributed by atoms with van der Waals surface area (Å²) in [7, 11) is 0. The Balaban J connectivity index is 1.62. The van der Waals surface area contributed by atoms with Crippen LogP contribution in [0.15, 0.2) is 67.4 Å². The Morgan fingerprint density at radius 1 is 1.06 bits per heavy atom. The van der Waals surface area contributed by atoms with E-state index in [-0.39, 0.29) is 12.2 Å². The first-order chi connectivity index (χ1) is 16.3. The number of hydrogen-bond acceptors (Lipinski definition) is 4. The maximum atomic E-state index is 13.1. The van der Waals surface area contributed by atoms with Gasteiger partial charge in [0.05, 0.1) is 26.6 Å². The quantitative estimate of drug-likeness (QED) is 0.201. The van der Waals surface area contributed by atoms with E-state index in [0.717, 1.165) is 10.0 Å². The molecule has 0 N–H and O–H groups in total. The van der Waals surface area contributed by atoms with E-state index in [4.69, 9.17) is 39.5 Å². The molecule has 1 heterocycles. The van der Waals surface area contributed by atoms with E-state index in [1.807, 2.05) is 13.0 Å². The predicted molar refractivity (Wildman–Crippen MR) is 146 cm³/mol. The van der Waals surface area contributed by atoms with Gasteiger partial charge in [0.25, 0.3) is 5.56 Å². The van der Waals surface area contributed by atoms with Gasteiger partial charge in [-0.25, -0.2) is 4.98 Å². The lowest BCUT2D eigenvalue weighted by molar-refractivity contribution is 0.304. The molecule has 34 heavy (non-hydrogen) atoms. The summed E-state index contributed by atoms with van der Waals surface area (Å²) in [5.74, 6) is 1.02. The largest absolute Gasteiger partial charge is 0.486 e. The molecule has 3 aromatic carbocycles. The van der Waals surface area contributed by atoms with E-state index >= 15 is 0 Å². The third-order valence-corrected chi connectivity index (χ3v) is 6.87. The lowest BCUT2D eigenvalue weighted by atomic mass is 10.2. The van der Waals surface area contributed by atoms with Crippen LogP contribution in [0.1, 0.15) is 23.9 Å². The fraction of sp³-hybridized carbons (Fsp3) is 0.125. The molecule has 0 spiro atoms. The van der Waals surface area contributed by atoms with Crippen molar-refractivity contribution in [3.05, 3.63) is 99.8 Å². The number of hydrogen-bond donors (Lipinski definition) is 0. The minimum atomic E-state index is -0.246. The first kappa shape index (κ1) is 25.2. The van der Waals surface area contributed by atoms with E-state index in [9.17, 15) is 4.79 Å². The highest BCUT2D eigenvalue weighted by atomic mass is 79.9. The molecule has 174 valence electrons. The van der Waals surface area contributed by atoms with Crippen LogP contribution in [0.4, 0.5) is 0 Å². The lowest BCUT2D eigenvalue weighted by Gasteiger charge is -2.12. The molecule has 0 amide bonds. The number of fused-ring (bicyclic) bond motifs is 1. The molecule has 0 unspecified atom stereocenters. The first-order valence-electron chi connectivity index (χ1n) is 10.1. The zero-order valence-corrected chi connectivity index (χ0v) is 23.1. The van der Waals surface area contributed by atoms with E-state index in [0.29, 0.717) is 54.0 Å². The number of aromatic nitrogens is 2. The third-order valence-electron chi connectivity index (χ3n) is 4.92. The fourth-order valence-electron chi connectivity index (χ4n) is 3.25. The second kappa shape index (κ2) is 10.8. The molecule has 0 fully saturated rings. The summed E-state index contributed by atoms with van der Waals surface area (Å²) in [6.45, 7) is 2.14. The molecule has 0 atom stereocenters. The summed E-state index contributed by atoms with van der Waals surface area (Å²) in [6.07, 6.45) is 2.10. The molecule has 0 aliphatic carbocycles. The molecule has 10 heteroatoms. The normalized spacial score (nSPS) is 11.5. The van der Waals surface area contributed by atoms with E-state index in [1.54, 1.807) is 48.7 Å². The molecule has 0 aliphatic rings. The Hall–Kier alpha value is -1.90. The number of nitrogens with zero attached hydrogens (tertiary/aromatic N) is 3. The molecule has 4 aromatic rings. The molecule has 1 aromatic heterocycles. The highest BCUT2D eigenvalue weighted by Gasteiger charge is 2.12. The van der Waals surface area contributed by atoms with Crippen LogP contribution in [0, 0.1) is 0 Å². The molecule has 0 bridgehead atoms. The predicted octanol–water partition coefficient (Wildman–Crippen LogP) is 7.91. The highest BCUT2D eigenvalue weighted by molar-refractivity contribution is 9.10.